The van der Waals surface area contributed by atoms with Crippen molar-refractivity contribution in [2.75, 3.05) is 13.2 Å². The molecule has 118 valence electrons. The molecule has 0 aromatic heterocycles. The summed E-state index contributed by atoms with van der Waals surface area (Å²) in [7, 11) is 0. The van der Waals surface area contributed by atoms with Crippen molar-refractivity contribution in [3.05, 3.63) is 28.8 Å². The van der Waals surface area contributed by atoms with E-state index in [2.05, 4.69) is 5.32 Å². The van der Waals surface area contributed by atoms with Crippen molar-refractivity contribution in [1.29, 1.82) is 0 Å². The zero-order chi connectivity index (χ0) is 15.7. The standard InChI is InChI=1S/C16H24ClNO3/c1-4-8-15(16(19)20-6-3)21-14-10-7-9-13(17)12(14)11-18-5-2/h7,9-10,15,18H,4-6,8,11H2,1-3H3. The van der Waals surface area contributed by atoms with E-state index in [-0.39, 0.29) is 5.97 Å². The molecule has 0 saturated heterocycles. The van der Waals surface area contributed by atoms with Gasteiger partial charge in [-0.2, -0.15) is 0 Å². The molecule has 1 aromatic rings. The van der Waals surface area contributed by atoms with Gasteiger partial charge in [0.15, 0.2) is 6.10 Å². The molecule has 5 heteroatoms. The minimum absolute atomic E-state index is 0.325. The van der Waals surface area contributed by atoms with E-state index in [0.29, 0.717) is 30.3 Å². The van der Waals surface area contributed by atoms with Gasteiger partial charge in [0.05, 0.1) is 6.61 Å². The van der Waals surface area contributed by atoms with Crippen molar-refractivity contribution in [3.8, 4) is 5.75 Å². The minimum atomic E-state index is -0.589. The number of hydrogen-bond acceptors (Lipinski definition) is 4. The Kier molecular flexibility index (Phi) is 8.16. The van der Waals surface area contributed by atoms with Gasteiger partial charge in [-0.25, -0.2) is 4.79 Å². The molecule has 0 fully saturated rings. The molecule has 0 amide bonds. The molecule has 1 N–H and O–H groups in total. The van der Waals surface area contributed by atoms with Gasteiger partial charge in [-0.1, -0.05) is 37.9 Å². The highest BCUT2D eigenvalue weighted by molar-refractivity contribution is 6.31. The molecule has 0 bridgehead atoms. The largest absolute Gasteiger partial charge is 0.478 e. The van der Waals surface area contributed by atoms with Crippen LogP contribution in [0.15, 0.2) is 18.2 Å². The first-order valence-electron chi connectivity index (χ1n) is 7.45. The van der Waals surface area contributed by atoms with E-state index in [9.17, 15) is 4.79 Å². The van der Waals surface area contributed by atoms with Crippen LogP contribution in [0.5, 0.6) is 5.75 Å². The third kappa shape index (κ3) is 5.56. The molecular formula is C16H24ClNO3. The van der Waals surface area contributed by atoms with Gasteiger partial charge in [0.2, 0.25) is 0 Å². The van der Waals surface area contributed by atoms with Crippen molar-refractivity contribution >= 4 is 17.6 Å². The highest BCUT2D eigenvalue weighted by atomic mass is 35.5. The first-order valence-corrected chi connectivity index (χ1v) is 7.83. The van der Waals surface area contributed by atoms with Crippen LogP contribution in [0.1, 0.15) is 39.2 Å². The Hall–Kier alpha value is -1.26. The average Bonchev–Trinajstić information content (AvgIpc) is 2.46. The maximum atomic E-state index is 12.0. The predicted octanol–water partition coefficient (Wildman–Crippen LogP) is 3.56. The lowest BCUT2D eigenvalue weighted by Crippen LogP contribution is -2.30. The quantitative estimate of drug-likeness (QED) is 0.708. The molecule has 0 heterocycles. The van der Waals surface area contributed by atoms with Crippen LogP contribution in [0.25, 0.3) is 0 Å². The van der Waals surface area contributed by atoms with Crippen molar-refractivity contribution in [1.82, 2.24) is 5.32 Å². The summed E-state index contributed by atoms with van der Waals surface area (Å²) >= 11 is 6.23. The molecule has 0 aliphatic heterocycles. The Labute approximate surface area is 131 Å². The SMILES string of the molecule is CCCC(Oc1cccc(Cl)c1CNCC)C(=O)OCC. The summed E-state index contributed by atoms with van der Waals surface area (Å²) in [5, 5.41) is 3.86. The van der Waals surface area contributed by atoms with Crippen molar-refractivity contribution in [3.63, 3.8) is 0 Å². The van der Waals surface area contributed by atoms with Gasteiger partial charge in [-0.3, -0.25) is 0 Å². The maximum absolute atomic E-state index is 12.0. The Morgan fingerprint density at radius 2 is 2.10 bits per heavy atom. The summed E-state index contributed by atoms with van der Waals surface area (Å²) in [6.45, 7) is 7.61. The first-order chi connectivity index (χ1) is 10.1. The van der Waals surface area contributed by atoms with Gasteiger partial charge in [-0.15, -0.1) is 0 Å². The third-order valence-electron chi connectivity index (χ3n) is 3.00. The van der Waals surface area contributed by atoms with E-state index in [1.165, 1.54) is 0 Å². The molecule has 0 saturated carbocycles. The number of carbonyl (C=O) groups is 1. The number of ether oxygens (including phenoxy) is 2. The molecular weight excluding hydrogens is 290 g/mol. The molecule has 0 aliphatic rings. The molecule has 1 unspecified atom stereocenters. The highest BCUT2D eigenvalue weighted by Gasteiger charge is 2.22. The molecule has 21 heavy (non-hydrogen) atoms. The minimum Gasteiger partial charge on any atom is -0.478 e. The average molecular weight is 314 g/mol. The Bertz CT molecular complexity index is 451. The zero-order valence-corrected chi connectivity index (χ0v) is 13.7. The van der Waals surface area contributed by atoms with Gasteiger partial charge >= 0.3 is 5.97 Å². The van der Waals surface area contributed by atoms with Crippen molar-refractivity contribution < 1.29 is 14.3 Å². The fraction of sp³-hybridized carbons (Fsp3) is 0.562. The Balaban J connectivity index is 2.91. The number of carbonyl (C=O) groups excluding carboxylic acids is 1. The lowest BCUT2D eigenvalue weighted by molar-refractivity contribution is -0.151. The van der Waals surface area contributed by atoms with Crippen LogP contribution >= 0.6 is 11.6 Å². The van der Waals surface area contributed by atoms with Crippen LogP contribution in [0.2, 0.25) is 5.02 Å². The fourth-order valence-corrected chi connectivity index (χ4v) is 2.18. The van der Waals surface area contributed by atoms with Gasteiger partial charge < -0.3 is 14.8 Å². The maximum Gasteiger partial charge on any atom is 0.347 e. The molecule has 0 aliphatic carbocycles. The normalized spacial score (nSPS) is 12.0. The molecule has 1 atom stereocenters. The highest BCUT2D eigenvalue weighted by Crippen LogP contribution is 2.28. The number of nitrogens with one attached hydrogen (secondary N) is 1. The topological polar surface area (TPSA) is 47.6 Å². The van der Waals surface area contributed by atoms with Gasteiger partial charge in [0, 0.05) is 17.1 Å². The summed E-state index contributed by atoms with van der Waals surface area (Å²) in [6, 6.07) is 5.47. The third-order valence-corrected chi connectivity index (χ3v) is 3.35. The van der Waals surface area contributed by atoms with E-state index < -0.39 is 6.10 Å². The summed E-state index contributed by atoms with van der Waals surface area (Å²) in [4.78, 5) is 12.0. The number of esters is 1. The number of benzene rings is 1. The second-order valence-corrected chi connectivity index (χ2v) is 5.05. The number of rotatable bonds is 9. The zero-order valence-electron chi connectivity index (χ0n) is 12.9. The van der Waals surface area contributed by atoms with Crippen molar-refractivity contribution in [2.45, 2.75) is 46.3 Å². The molecule has 1 aromatic carbocycles. The lowest BCUT2D eigenvalue weighted by Gasteiger charge is -2.20. The van der Waals surface area contributed by atoms with E-state index in [1.54, 1.807) is 6.92 Å². The predicted molar refractivity (Wildman–Crippen MR) is 84.8 cm³/mol. The van der Waals surface area contributed by atoms with Crippen LogP contribution in [-0.4, -0.2) is 25.2 Å². The van der Waals surface area contributed by atoms with Crippen LogP contribution in [0, 0.1) is 0 Å². The van der Waals surface area contributed by atoms with Crippen molar-refractivity contribution in [2.24, 2.45) is 0 Å². The summed E-state index contributed by atoms with van der Waals surface area (Å²) in [5.74, 6) is 0.309. The van der Waals surface area contributed by atoms with Crippen LogP contribution in [-0.2, 0) is 16.1 Å². The van der Waals surface area contributed by atoms with E-state index >= 15 is 0 Å². The first kappa shape index (κ1) is 17.8. The van der Waals surface area contributed by atoms with E-state index in [4.69, 9.17) is 21.1 Å². The van der Waals surface area contributed by atoms with E-state index in [1.807, 2.05) is 32.0 Å². The molecule has 0 spiro atoms. The Morgan fingerprint density at radius 1 is 1.33 bits per heavy atom. The summed E-state index contributed by atoms with van der Waals surface area (Å²) < 4.78 is 10.9. The smallest absolute Gasteiger partial charge is 0.347 e. The van der Waals surface area contributed by atoms with Crippen LogP contribution < -0.4 is 10.1 Å². The monoisotopic (exact) mass is 313 g/mol. The molecule has 4 nitrogen and oxygen atoms in total. The van der Waals surface area contributed by atoms with Gasteiger partial charge in [0.25, 0.3) is 0 Å². The van der Waals surface area contributed by atoms with Gasteiger partial charge in [0.1, 0.15) is 5.75 Å². The lowest BCUT2D eigenvalue weighted by atomic mass is 10.1. The second-order valence-electron chi connectivity index (χ2n) is 4.64. The van der Waals surface area contributed by atoms with Gasteiger partial charge in [-0.05, 0) is 32.0 Å². The van der Waals surface area contributed by atoms with Crippen LogP contribution in [0.3, 0.4) is 0 Å². The number of halogens is 1. The van der Waals surface area contributed by atoms with Crippen LogP contribution in [0.4, 0.5) is 0 Å². The summed E-state index contributed by atoms with van der Waals surface area (Å²) in [6.07, 6.45) is 0.868. The second kappa shape index (κ2) is 9.64. The fourth-order valence-electron chi connectivity index (χ4n) is 1.95. The number of hydrogen-bond donors (Lipinski definition) is 1. The van der Waals surface area contributed by atoms with E-state index in [0.717, 1.165) is 18.5 Å². The molecule has 0 radical (unpaired) electrons. The molecule has 1 rings (SSSR count). The summed E-state index contributed by atoms with van der Waals surface area (Å²) in [5.41, 5.74) is 0.867. The Morgan fingerprint density at radius 3 is 2.71 bits per heavy atom.